The van der Waals surface area contributed by atoms with Crippen molar-refractivity contribution in [3.05, 3.63) is 78.4 Å². The van der Waals surface area contributed by atoms with E-state index in [9.17, 15) is 9.59 Å². The second-order valence-electron chi connectivity index (χ2n) is 6.89. The maximum absolute atomic E-state index is 13.1. The summed E-state index contributed by atoms with van der Waals surface area (Å²) in [4.78, 5) is 29.1. The van der Waals surface area contributed by atoms with E-state index < -0.39 is 0 Å². The highest BCUT2D eigenvalue weighted by molar-refractivity contribution is 7.99. The van der Waals surface area contributed by atoms with Gasteiger partial charge in [-0.1, -0.05) is 49.0 Å². The Hall–Kier alpha value is -3.25. The van der Waals surface area contributed by atoms with Crippen molar-refractivity contribution in [3.8, 4) is 5.75 Å². The fourth-order valence-electron chi connectivity index (χ4n) is 3.31. The van der Waals surface area contributed by atoms with E-state index in [-0.39, 0.29) is 18.4 Å². The molecule has 0 saturated heterocycles. The van der Waals surface area contributed by atoms with Crippen molar-refractivity contribution in [2.24, 2.45) is 0 Å². The molecular formula is C24H22N2O3S. The number of hydrogen-bond acceptors (Lipinski definition) is 4. The van der Waals surface area contributed by atoms with E-state index in [4.69, 9.17) is 4.74 Å². The molecule has 0 spiro atoms. The standard InChI is InChI=1S/C24H22N2O3S/c1-2-14-26-20-13-12-17(25-23(27)16-29-18-8-4-3-5-9-18)15-22(20)30-21-11-7-6-10-19(21)24(26)28/h3-13,15H,2,14,16H2,1H3,(H,25,27). The number of ether oxygens (including phenoxy) is 1. The molecule has 0 aliphatic carbocycles. The fourth-order valence-corrected chi connectivity index (χ4v) is 4.43. The van der Waals surface area contributed by atoms with Crippen molar-refractivity contribution in [2.45, 2.75) is 23.1 Å². The number of benzene rings is 3. The molecule has 30 heavy (non-hydrogen) atoms. The molecule has 152 valence electrons. The van der Waals surface area contributed by atoms with Crippen LogP contribution in [0.1, 0.15) is 23.7 Å². The maximum atomic E-state index is 13.1. The second kappa shape index (κ2) is 9.05. The molecule has 3 aromatic rings. The summed E-state index contributed by atoms with van der Waals surface area (Å²) in [5.74, 6) is 0.418. The zero-order valence-electron chi connectivity index (χ0n) is 16.6. The lowest BCUT2D eigenvalue weighted by Gasteiger charge is -2.22. The molecule has 0 fully saturated rings. The normalized spacial score (nSPS) is 12.6. The smallest absolute Gasteiger partial charge is 0.262 e. The molecule has 0 radical (unpaired) electrons. The van der Waals surface area contributed by atoms with Crippen LogP contribution < -0.4 is 15.0 Å². The Bertz CT molecular complexity index is 1070. The lowest BCUT2D eigenvalue weighted by molar-refractivity contribution is -0.118. The number of rotatable bonds is 6. The Morgan fingerprint density at radius 1 is 1.00 bits per heavy atom. The van der Waals surface area contributed by atoms with Gasteiger partial charge in [-0.2, -0.15) is 0 Å². The van der Waals surface area contributed by atoms with E-state index in [0.29, 0.717) is 23.5 Å². The third kappa shape index (κ3) is 4.33. The van der Waals surface area contributed by atoms with Crippen molar-refractivity contribution >= 4 is 35.0 Å². The van der Waals surface area contributed by atoms with Crippen LogP contribution in [0.25, 0.3) is 0 Å². The molecule has 0 unspecified atom stereocenters. The third-order valence-electron chi connectivity index (χ3n) is 4.68. The van der Waals surface area contributed by atoms with Gasteiger partial charge >= 0.3 is 0 Å². The van der Waals surface area contributed by atoms with E-state index in [1.165, 1.54) is 0 Å². The molecule has 4 rings (SSSR count). The SMILES string of the molecule is CCCN1C(=O)c2ccccc2Sc2cc(NC(=O)COc3ccccc3)ccc21. The molecule has 3 aromatic carbocycles. The van der Waals surface area contributed by atoms with Gasteiger partial charge in [0, 0.05) is 22.0 Å². The summed E-state index contributed by atoms with van der Waals surface area (Å²) in [6, 6.07) is 22.5. The van der Waals surface area contributed by atoms with Crippen molar-refractivity contribution in [1.29, 1.82) is 0 Å². The molecule has 2 amide bonds. The second-order valence-corrected chi connectivity index (χ2v) is 7.97. The number of nitrogens with zero attached hydrogens (tertiary/aromatic N) is 1. The lowest BCUT2D eigenvalue weighted by atomic mass is 10.1. The van der Waals surface area contributed by atoms with Crippen LogP contribution in [0.5, 0.6) is 5.75 Å². The highest BCUT2D eigenvalue weighted by Crippen LogP contribution is 2.42. The highest BCUT2D eigenvalue weighted by atomic mass is 32.2. The summed E-state index contributed by atoms with van der Waals surface area (Å²) in [6.07, 6.45) is 0.854. The van der Waals surface area contributed by atoms with Gasteiger partial charge in [0.25, 0.3) is 11.8 Å². The number of nitrogens with one attached hydrogen (secondary N) is 1. The van der Waals surface area contributed by atoms with Gasteiger partial charge in [0.15, 0.2) is 6.61 Å². The fraction of sp³-hybridized carbons (Fsp3) is 0.167. The zero-order chi connectivity index (χ0) is 20.9. The Kier molecular flexibility index (Phi) is 6.05. The number of hydrogen-bond donors (Lipinski definition) is 1. The Balaban J connectivity index is 1.55. The van der Waals surface area contributed by atoms with Crippen molar-refractivity contribution < 1.29 is 14.3 Å². The van der Waals surface area contributed by atoms with E-state index >= 15 is 0 Å². The van der Waals surface area contributed by atoms with Gasteiger partial charge < -0.3 is 15.0 Å². The summed E-state index contributed by atoms with van der Waals surface area (Å²) >= 11 is 1.54. The Morgan fingerprint density at radius 3 is 2.57 bits per heavy atom. The van der Waals surface area contributed by atoms with Crippen LogP contribution in [-0.2, 0) is 4.79 Å². The van der Waals surface area contributed by atoms with E-state index in [1.807, 2.05) is 77.7 Å². The van der Waals surface area contributed by atoms with Crippen LogP contribution >= 0.6 is 11.8 Å². The summed E-state index contributed by atoms with van der Waals surface area (Å²) < 4.78 is 5.51. The van der Waals surface area contributed by atoms with Gasteiger partial charge in [0.1, 0.15) is 5.75 Å². The third-order valence-corrected chi connectivity index (χ3v) is 5.80. The monoisotopic (exact) mass is 418 g/mol. The topological polar surface area (TPSA) is 58.6 Å². The van der Waals surface area contributed by atoms with Gasteiger partial charge in [-0.05, 0) is 48.9 Å². The van der Waals surface area contributed by atoms with Crippen molar-refractivity contribution in [1.82, 2.24) is 0 Å². The van der Waals surface area contributed by atoms with E-state index in [2.05, 4.69) is 12.2 Å². The zero-order valence-corrected chi connectivity index (χ0v) is 17.4. The van der Waals surface area contributed by atoms with Crippen molar-refractivity contribution in [3.63, 3.8) is 0 Å². The molecule has 1 aliphatic heterocycles. The van der Waals surface area contributed by atoms with Crippen LogP contribution in [0.3, 0.4) is 0 Å². The molecule has 0 aromatic heterocycles. The van der Waals surface area contributed by atoms with Crippen LogP contribution in [0, 0.1) is 0 Å². The first kappa shape index (κ1) is 20.0. The molecule has 0 bridgehead atoms. The van der Waals surface area contributed by atoms with Crippen molar-refractivity contribution in [2.75, 3.05) is 23.4 Å². The van der Waals surface area contributed by atoms with Crippen LogP contribution in [0.2, 0.25) is 0 Å². The predicted octanol–water partition coefficient (Wildman–Crippen LogP) is 5.23. The van der Waals surface area contributed by atoms with Crippen LogP contribution in [-0.4, -0.2) is 25.0 Å². The summed E-state index contributed by atoms with van der Waals surface area (Å²) in [5, 5.41) is 2.88. The first-order valence-electron chi connectivity index (χ1n) is 9.86. The minimum Gasteiger partial charge on any atom is -0.484 e. The number of carbonyl (C=O) groups excluding carboxylic acids is 2. The van der Waals surface area contributed by atoms with Gasteiger partial charge in [0.2, 0.25) is 0 Å². The highest BCUT2D eigenvalue weighted by Gasteiger charge is 2.26. The molecule has 6 heteroatoms. The van der Waals surface area contributed by atoms with E-state index in [1.54, 1.807) is 11.8 Å². The maximum Gasteiger partial charge on any atom is 0.262 e. The molecular weight excluding hydrogens is 396 g/mol. The largest absolute Gasteiger partial charge is 0.484 e. The predicted molar refractivity (Wildman–Crippen MR) is 120 cm³/mol. The summed E-state index contributed by atoms with van der Waals surface area (Å²) in [7, 11) is 0. The number of fused-ring (bicyclic) bond motifs is 2. The van der Waals surface area contributed by atoms with Crippen LogP contribution in [0.15, 0.2) is 82.6 Å². The molecule has 5 nitrogen and oxygen atoms in total. The number of carbonyl (C=O) groups is 2. The Labute approximate surface area is 180 Å². The molecule has 1 heterocycles. The lowest BCUT2D eigenvalue weighted by Crippen LogP contribution is -2.31. The quantitative estimate of drug-likeness (QED) is 0.596. The van der Waals surface area contributed by atoms with Gasteiger partial charge in [0.05, 0.1) is 11.3 Å². The average molecular weight is 419 g/mol. The summed E-state index contributed by atoms with van der Waals surface area (Å²) in [5.41, 5.74) is 2.24. The minimum atomic E-state index is -0.237. The molecule has 1 aliphatic rings. The molecule has 0 atom stereocenters. The minimum absolute atomic E-state index is 0.00625. The Morgan fingerprint density at radius 2 is 1.77 bits per heavy atom. The first-order valence-corrected chi connectivity index (χ1v) is 10.7. The van der Waals surface area contributed by atoms with Gasteiger partial charge in [-0.25, -0.2) is 0 Å². The van der Waals surface area contributed by atoms with E-state index in [0.717, 1.165) is 21.9 Å². The number of amides is 2. The van der Waals surface area contributed by atoms with Gasteiger partial charge in [-0.15, -0.1) is 0 Å². The number of para-hydroxylation sites is 1. The first-order chi connectivity index (χ1) is 14.7. The number of anilines is 2. The van der Waals surface area contributed by atoms with Gasteiger partial charge in [-0.3, -0.25) is 9.59 Å². The molecule has 0 saturated carbocycles. The molecule has 1 N–H and O–H groups in total. The van der Waals surface area contributed by atoms with Crippen LogP contribution in [0.4, 0.5) is 11.4 Å². The average Bonchev–Trinajstić information content (AvgIpc) is 2.88. The summed E-state index contributed by atoms with van der Waals surface area (Å²) in [6.45, 7) is 2.62.